The van der Waals surface area contributed by atoms with E-state index >= 15 is 0 Å². The molecule has 0 aliphatic heterocycles. The highest BCUT2D eigenvalue weighted by Crippen LogP contribution is 2.31. The molecule has 0 saturated carbocycles. The zero-order chi connectivity index (χ0) is 18.2. The highest BCUT2D eigenvalue weighted by molar-refractivity contribution is 7.92. The molecule has 2 aromatic carbocycles. The van der Waals surface area contributed by atoms with Crippen LogP contribution in [-0.2, 0) is 10.0 Å². The quantitative estimate of drug-likeness (QED) is 0.682. The maximum atomic E-state index is 12.9. The highest BCUT2D eigenvalue weighted by atomic mass is 32.2. The number of furan rings is 1. The normalized spacial score (nSPS) is 11.5. The van der Waals surface area contributed by atoms with Crippen molar-refractivity contribution >= 4 is 15.7 Å². The molecule has 0 amide bonds. The number of hydrogen-bond acceptors (Lipinski definition) is 3. The molecule has 25 heavy (non-hydrogen) atoms. The molecule has 3 aromatic rings. The second-order valence-corrected chi connectivity index (χ2v) is 8.16. The van der Waals surface area contributed by atoms with Crippen LogP contribution in [0.1, 0.15) is 16.9 Å². The van der Waals surface area contributed by atoms with Crippen molar-refractivity contribution in [2.24, 2.45) is 0 Å². The van der Waals surface area contributed by atoms with Gasteiger partial charge in [-0.15, -0.1) is 0 Å². The lowest BCUT2D eigenvalue weighted by Crippen LogP contribution is -2.26. The van der Waals surface area contributed by atoms with Crippen molar-refractivity contribution in [3.8, 4) is 11.3 Å². The Bertz CT molecular complexity index is 1000. The number of aryl methyl sites for hydroxylation is 3. The first-order valence-electron chi connectivity index (χ1n) is 8.02. The van der Waals surface area contributed by atoms with Gasteiger partial charge in [0, 0.05) is 12.6 Å². The van der Waals surface area contributed by atoms with E-state index in [0.717, 1.165) is 28.2 Å². The molecule has 130 valence electrons. The van der Waals surface area contributed by atoms with Gasteiger partial charge in [-0.2, -0.15) is 0 Å². The Balaban J connectivity index is 2.02. The molecule has 1 aromatic heterocycles. The van der Waals surface area contributed by atoms with E-state index in [1.807, 2.05) is 45.0 Å². The van der Waals surface area contributed by atoms with Crippen molar-refractivity contribution in [2.75, 3.05) is 11.4 Å². The summed E-state index contributed by atoms with van der Waals surface area (Å²) in [6.07, 6.45) is 0. The van der Waals surface area contributed by atoms with Gasteiger partial charge in [-0.3, -0.25) is 4.31 Å². The number of nitrogens with zero attached hydrogens (tertiary/aromatic N) is 1. The van der Waals surface area contributed by atoms with Crippen LogP contribution in [0.2, 0.25) is 0 Å². The molecular formula is C20H21NO3S. The zero-order valence-electron chi connectivity index (χ0n) is 14.8. The van der Waals surface area contributed by atoms with Crippen LogP contribution in [0.4, 0.5) is 5.69 Å². The SMILES string of the molecule is Cc1ccc(S(=O)(=O)N(C)c2ccc(C)c(-c3ccc(C)o3)c2)cc1. The molecule has 5 heteroatoms. The third-order valence-electron chi connectivity index (χ3n) is 4.27. The van der Waals surface area contributed by atoms with Gasteiger partial charge in [-0.05, 0) is 62.7 Å². The lowest BCUT2D eigenvalue weighted by atomic mass is 10.1. The molecule has 0 radical (unpaired) electrons. The van der Waals surface area contributed by atoms with Crippen LogP contribution in [0.25, 0.3) is 11.3 Å². The van der Waals surface area contributed by atoms with Crippen molar-refractivity contribution in [1.29, 1.82) is 0 Å². The summed E-state index contributed by atoms with van der Waals surface area (Å²) in [5.74, 6) is 1.55. The molecule has 1 heterocycles. The van der Waals surface area contributed by atoms with E-state index in [-0.39, 0.29) is 4.90 Å². The van der Waals surface area contributed by atoms with Gasteiger partial charge in [0.05, 0.1) is 10.6 Å². The number of benzene rings is 2. The first-order chi connectivity index (χ1) is 11.8. The number of sulfonamides is 1. The molecule has 0 aliphatic rings. The monoisotopic (exact) mass is 355 g/mol. The Morgan fingerprint density at radius 3 is 2.16 bits per heavy atom. The summed E-state index contributed by atoms with van der Waals surface area (Å²) < 4.78 is 32.8. The Morgan fingerprint density at radius 1 is 0.880 bits per heavy atom. The van der Waals surface area contributed by atoms with Gasteiger partial charge in [-0.25, -0.2) is 8.42 Å². The minimum Gasteiger partial charge on any atom is -0.461 e. The Morgan fingerprint density at radius 2 is 1.56 bits per heavy atom. The summed E-state index contributed by atoms with van der Waals surface area (Å²) in [7, 11) is -2.05. The smallest absolute Gasteiger partial charge is 0.264 e. The summed E-state index contributed by atoms with van der Waals surface area (Å²) in [6, 6.07) is 16.2. The van der Waals surface area contributed by atoms with Gasteiger partial charge in [0.25, 0.3) is 10.0 Å². The van der Waals surface area contributed by atoms with E-state index in [1.165, 1.54) is 4.31 Å². The van der Waals surface area contributed by atoms with Crippen LogP contribution in [0.3, 0.4) is 0 Å². The van der Waals surface area contributed by atoms with E-state index < -0.39 is 10.0 Å². The minimum absolute atomic E-state index is 0.275. The summed E-state index contributed by atoms with van der Waals surface area (Å²) in [5.41, 5.74) is 3.53. The molecule has 0 aliphatic carbocycles. The zero-order valence-corrected chi connectivity index (χ0v) is 15.6. The second-order valence-electron chi connectivity index (χ2n) is 6.20. The first-order valence-corrected chi connectivity index (χ1v) is 9.46. The molecular weight excluding hydrogens is 334 g/mol. The van der Waals surface area contributed by atoms with Gasteiger partial charge in [0.2, 0.25) is 0 Å². The molecule has 0 spiro atoms. The average molecular weight is 355 g/mol. The molecule has 0 atom stereocenters. The van der Waals surface area contributed by atoms with E-state index in [4.69, 9.17) is 4.42 Å². The topological polar surface area (TPSA) is 50.5 Å². The van der Waals surface area contributed by atoms with Gasteiger partial charge in [0.15, 0.2) is 0 Å². The highest BCUT2D eigenvalue weighted by Gasteiger charge is 2.22. The largest absolute Gasteiger partial charge is 0.461 e. The summed E-state index contributed by atoms with van der Waals surface area (Å²) in [5, 5.41) is 0. The van der Waals surface area contributed by atoms with Crippen molar-refractivity contribution < 1.29 is 12.8 Å². The fraction of sp³-hybridized carbons (Fsp3) is 0.200. The maximum absolute atomic E-state index is 12.9. The van der Waals surface area contributed by atoms with Gasteiger partial charge < -0.3 is 4.42 Å². The van der Waals surface area contributed by atoms with Crippen LogP contribution >= 0.6 is 0 Å². The first kappa shape index (κ1) is 17.3. The van der Waals surface area contributed by atoms with Crippen LogP contribution in [0, 0.1) is 20.8 Å². The van der Waals surface area contributed by atoms with Gasteiger partial charge in [0.1, 0.15) is 11.5 Å². The third-order valence-corrected chi connectivity index (χ3v) is 6.07. The standard InChI is InChI=1S/C20H21NO3S/c1-14-5-10-18(11-6-14)25(22,23)21(4)17-9-7-15(2)19(13-17)20-12-8-16(3)24-20/h5-13H,1-4H3. The maximum Gasteiger partial charge on any atom is 0.264 e. The van der Waals surface area contributed by atoms with Crippen LogP contribution < -0.4 is 4.31 Å². The fourth-order valence-corrected chi connectivity index (χ4v) is 3.85. The number of rotatable bonds is 4. The van der Waals surface area contributed by atoms with Crippen LogP contribution in [0.15, 0.2) is 63.9 Å². The van der Waals surface area contributed by atoms with E-state index in [1.54, 1.807) is 37.4 Å². The molecule has 3 rings (SSSR count). The molecule has 0 N–H and O–H groups in total. The Labute approximate surface area is 148 Å². The molecule has 0 saturated heterocycles. The van der Waals surface area contributed by atoms with Crippen molar-refractivity contribution in [2.45, 2.75) is 25.7 Å². The van der Waals surface area contributed by atoms with E-state index in [0.29, 0.717) is 5.69 Å². The van der Waals surface area contributed by atoms with Gasteiger partial charge >= 0.3 is 0 Å². The summed E-state index contributed by atoms with van der Waals surface area (Å²) in [6.45, 7) is 5.79. The van der Waals surface area contributed by atoms with E-state index in [9.17, 15) is 8.42 Å². The number of hydrogen-bond donors (Lipinski definition) is 0. The van der Waals surface area contributed by atoms with Crippen molar-refractivity contribution in [3.05, 3.63) is 71.5 Å². The molecule has 0 fully saturated rings. The molecule has 4 nitrogen and oxygen atoms in total. The van der Waals surface area contributed by atoms with E-state index in [2.05, 4.69) is 0 Å². The fourth-order valence-electron chi connectivity index (χ4n) is 2.66. The summed E-state index contributed by atoms with van der Waals surface area (Å²) in [4.78, 5) is 0.275. The molecule has 0 unspecified atom stereocenters. The van der Waals surface area contributed by atoms with Crippen LogP contribution in [0.5, 0.6) is 0 Å². The Kier molecular flexibility index (Phi) is 4.43. The van der Waals surface area contributed by atoms with Crippen LogP contribution in [-0.4, -0.2) is 15.5 Å². The Hall–Kier alpha value is -2.53. The number of anilines is 1. The minimum atomic E-state index is -3.61. The third kappa shape index (κ3) is 3.33. The molecule has 0 bridgehead atoms. The average Bonchev–Trinajstić information content (AvgIpc) is 3.01. The predicted octanol–water partition coefficient (Wildman–Crippen LogP) is 4.70. The second kappa shape index (κ2) is 6.41. The van der Waals surface area contributed by atoms with Gasteiger partial charge in [-0.1, -0.05) is 23.8 Å². The van der Waals surface area contributed by atoms with Crippen molar-refractivity contribution in [1.82, 2.24) is 0 Å². The lowest BCUT2D eigenvalue weighted by Gasteiger charge is -2.20. The summed E-state index contributed by atoms with van der Waals surface area (Å²) >= 11 is 0. The predicted molar refractivity (Wildman–Crippen MR) is 100 cm³/mol. The van der Waals surface area contributed by atoms with Crippen molar-refractivity contribution in [3.63, 3.8) is 0 Å². The lowest BCUT2D eigenvalue weighted by molar-refractivity contribution is 0.548.